The van der Waals surface area contributed by atoms with E-state index in [2.05, 4.69) is 4.98 Å². The van der Waals surface area contributed by atoms with E-state index in [0.717, 1.165) is 12.3 Å². The lowest BCUT2D eigenvalue weighted by Gasteiger charge is -2.11. The molecule has 0 aliphatic rings. The first-order chi connectivity index (χ1) is 6.46. The van der Waals surface area contributed by atoms with Crippen LogP contribution in [0.2, 0.25) is 0 Å². The summed E-state index contributed by atoms with van der Waals surface area (Å²) in [7, 11) is 0. The van der Waals surface area contributed by atoms with Crippen molar-refractivity contribution in [1.29, 1.82) is 5.26 Å². The second-order valence-corrected chi connectivity index (χ2v) is 2.55. The van der Waals surface area contributed by atoms with Crippen molar-refractivity contribution in [3.05, 3.63) is 23.4 Å². The third-order valence-corrected chi connectivity index (χ3v) is 1.65. The topological polar surface area (TPSA) is 62.7 Å². The molecule has 1 aromatic rings. The number of nitriles is 1. The first-order valence-electron chi connectivity index (χ1n) is 3.64. The molecule has 0 atom stereocenters. The first kappa shape index (κ1) is 10.3. The first-order valence-corrected chi connectivity index (χ1v) is 3.64. The third kappa shape index (κ3) is 1.93. The molecule has 2 N–H and O–H groups in total. The molecular formula is C8H6F3N3. The third-order valence-electron chi connectivity index (χ3n) is 1.65. The highest BCUT2D eigenvalue weighted by molar-refractivity contribution is 5.47. The van der Waals surface area contributed by atoms with Crippen molar-refractivity contribution in [2.24, 2.45) is 0 Å². The highest BCUT2D eigenvalue weighted by Gasteiger charge is 2.34. The quantitative estimate of drug-likeness (QED) is 0.752. The minimum absolute atomic E-state index is 0.249. The molecule has 0 aliphatic heterocycles. The van der Waals surface area contributed by atoms with Gasteiger partial charge in [-0.25, -0.2) is 4.98 Å². The van der Waals surface area contributed by atoms with Crippen LogP contribution >= 0.6 is 0 Å². The maximum atomic E-state index is 12.4. The van der Waals surface area contributed by atoms with Gasteiger partial charge in [0.2, 0.25) is 0 Å². The fourth-order valence-corrected chi connectivity index (χ4v) is 1.04. The molecule has 0 bridgehead atoms. The number of hydrogen-bond acceptors (Lipinski definition) is 3. The van der Waals surface area contributed by atoms with Gasteiger partial charge >= 0.3 is 6.18 Å². The van der Waals surface area contributed by atoms with Gasteiger partial charge in [-0.1, -0.05) is 0 Å². The second kappa shape index (κ2) is 3.54. The van der Waals surface area contributed by atoms with Gasteiger partial charge < -0.3 is 5.73 Å². The van der Waals surface area contributed by atoms with Gasteiger partial charge in [-0.3, -0.25) is 0 Å². The number of nitrogens with two attached hydrogens (primary N) is 1. The Kier molecular flexibility index (Phi) is 2.60. The Labute approximate surface area is 78.0 Å². The molecule has 14 heavy (non-hydrogen) atoms. The molecule has 1 heterocycles. The zero-order valence-corrected chi connectivity index (χ0v) is 6.97. The number of hydrogen-bond donors (Lipinski definition) is 1. The van der Waals surface area contributed by atoms with Crippen molar-refractivity contribution in [2.75, 3.05) is 5.73 Å². The summed E-state index contributed by atoms with van der Waals surface area (Å²) in [6, 6.07) is 2.43. The van der Waals surface area contributed by atoms with Crippen molar-refractivity contribution < 1.29 is 13.2 Å². The molecule has 1 aromatic heterocycles. The highest BCUT2D eigenvalue weighted by Crippen LogP contribution is 2.33. The van der Waals surface area contributed by atoms with Gasteiger partial charge in [0.15, 0.2) is 0 Å². The molecule has 0 spiro atoms. The van der Waals surface area contributed by atoms with Crippen LogP contribution in [0.5, 0.6) is 0 Å². The van der Waals surface area contributed by atoms with E-state index in [4.69, 9.17) is 11.0 Å². The molecule has 0 saturated heterocycles. The second-order valence-electron chi connectivity index (χ2n) is 2.55. The van der Waals surface area contributed by atoms with Crippen LogP contribution in [0.1, 0.15) is 11.1 Å². The zero-order valence-electron chi connectivity index (χ0n) is 6.97. The summed E-state index contributed by atoms with van der Waals surface area (Å²) < 4.78 is 37.1. The number of alkyl halides is 3. The van der Waals surface area contributed by atoms with E-state index in [1.807, 2.05) is 0 Å². The summed E-state index contributed by atoms with van der Waals surface area (Å²) in [5, 5.41) is 8.33. The zero-order chi connectivity index (χ0) is 10.8. The van der Waals surface area contributed by atoms with E-state index in [1.165, 1.54) is 0 Å². The Morgan fingerprint density at radius 1 is 1.50 bits per heavy atom. The Balaban J connectivity index is 3.30. The van der Waals surface area contributed by atoms with Crippen LogP contribution in [0.25, 0.3) is 0 Å². The summed E-state index contributed by atoms with van der Waals surface area (Å²) in [5.41, 5.74) is 4.08. The van der Waals surface area contributed by atoms with Crippen LogP contribution in [0.15, 0.2) is 12.3 Å². The Morgan fingerprint density at radius 3 is 2.64 bits per heavy atom. The largest absolute Gasteiger partial charge is 0.416 e. The van der Waals surface area contributed by atoms with E-state index in [-0.39, 0.29) is 11.4 Å². The van der Waals surface area contributed by atoms with E-state index in [9.17, 15) is 13.2 Å². The fourth-order valence-electron chi connectivity index (χ4n) is 1.04. The molecule has 3 nitrogen and oxygen atoms in total. The molecule has 0 unspecified atom stereocenters. The van der Waals surface area contributed by atoms with Crippen LogP contribution in [0.3, 0.4) is 0 Å². The average Bonchev–Trinajstić information content (AvgIpc) is 2.07. The van der Waals surface area contributed by atoms with Crippen molar-refractivity contribution in [1.82, 2.24) is 4.98 Å². The number of anilines is 1. The molecule has 0 aromatic carbocycles. The van der Waals surface area contributed by atoms with Gasteiger partial charge in [0.1, 0.15) is 5.82 Å². The smallest absolute Gasteiger partial charge is 0.383 e. The molecule has 0 fully saturated rings. The van der Waals surface area contributed by atoms with Gasteiger partial charge in [0, 0.05) is 11.8 Å². The van der Waals surface area contributed by atoms with Crippen molar-refractivity contribution in [2.45, 2.75) is 12.6 Å². The summed E-state index contributed by atoms with van der Waals surface area (Å²) in [6.07, 6.45) is -3.92. The molecule has 0 saturated carbocycles. The van der Waals surface area contributed by atoms with Crippen LogP contribution in [-0.4, -0.2) is 4.98 Å². The predicted octanol–water partition coefficient (Wildman–Crippen LogP) is 1.75. The number of aromatic nitrogens is 1. The molecule has 0 radical (unpaired) electrons. The van der Waals surface area contributed by atoms with Crippen molar-refractivity contribution in [3.63, 3.8) is 0 Å². The molecule has 0 amide bonds. The fraction of sp³-hybridized carbons (Fsp3) is 0.250. The summed E-state index contributed by atoms with van der Waals surface area (Å²) >= 11 is 0. The highest BCUT2D eigenvalue weighted by atomic mass is 19.4. The van der Waals surface area contributed by atoms with Crippen LogP contribution < -0.4 is 5.73 Å². The minimum Gasteiger partial charge on any atom is -0.383 e. The molecule has 0 aliphatic carbocycles. The Hall–Kier alpha value is -1.77. The normalized spacial score (nSPS) is 11.0. The monoisotopic (exact) mass is 201 g/mol. The SMILES string of the molecule is N#CCc1c(C(F)(F)F)ccnc1N. The lowest BCUT2D eigenvalue weighted by molar-refractivity contribution is -0.138. The van der Waals surface area contributed by atoms with Crippen LogP contribution in [0.4, 0.5) is 19.0 Å². The molecule has 6 heteroatoms. The average molecular weight is 201 g/mol. The summed E-state index contributed by atoms with van der Waals surface area (Å²) in [4.78, 5) is 3.50. The number of rotatable bonds is 1. The lowest BCUT2D eigenvalue weighted by atomic mass is 10.1. The van der Waals surface area contributed by atoms with Gasteiger partial charge in [-0.2, -0.15) is 18.4 Å². The van der Waals surface area contributed by atoms with E-state index in [0.29, 0.717) is 0 Å². The summed E-state index contributed by atoms with van der Waals surface area (Å²) in [5.74, 6) is -0.249. The van der Waals surface area contributed by atoms with Gasteiger partial charge in [-0.05, 0) is 6.07 Å². The van der Waals surface area contributed by atoms with Crippen LogP contribution in [-0.2, 0) is 12.6 Å². The number of halogens is 3. The Morgan fingerprint density at radius 2 is 2.14 bits per heavy atom. The van der Waals surface area contributed by atoms with Crippen LogP contribution in [0, 0.1) is 11.3 Å². The van der Waals surface area contributed by atoms with Gasteiger partial charge in [0.25, 0.3) is 0 Å². The number of pyridine rings is 1. The van der Waals surface area contributed by atoms with Gasteiger partial charge in [-0.15, -0.1) is 0 Å². The maximum absolute atomic E-state index is 12.4. The lowest BCUT2D eigenvalue weighted by Crippen LogP contribution is -2.11. The maximum Gasteiger partial charge on any atom is 0.416 e. The molecular weight excluding hydrogens is 195 g/mol. The van der Waals surface area contributed by atoms with E-state index < -0.39 is 18.2 Å². The molecule has 74 valence electrons. The van der Waals surface area contributed by atoms with Gasteiger partial charge in [0.05, 0.1) is 18.1 Å². The van der Waals surface area contributed by atoms with E-state index in [1.54, 1.807) is 6.07 Å². The molecule has 1 rings (SSSR count). The number of nitrogen functional groups attached to an aromatic ring is 1. The van der Waals surface area contributed by atoms with Crippen molar-refractivity contribution >= 4 is 5.82 Å². The standard InChI is InChI=1S/C8H6F3N3/c9-8(10,11)6-2-4-14-7(13)5(6)1-3-12/h2,4H,1H2,(H2,13,14). The van der Waals surface area contributed by atoms with E-state index >= 15 is 0 Å². The minimum atomic E-state index is -4.50. The summed E-state index contributed by atoms with van der Waals surface area (Å²) in [6.45, 7) is 0. The number of nitrogens with zero attached hydrogens (tertiary/aromatic N) is 2. The van der Waals surface area contributed by atoms with Crippen molar-refractivity contribution in [3.8, 4) is 6.07 Å². The Bertz CT molecular complexity index is 378. The predicted molar refractivity (Wildman–Crippen MR) is 43.0 cm³/mol.